The number of hydrogen-bond donors (Lipinski definition) is 1. The van der Waals surface area contributed by atoms with Crippen molar-refractivity contribution in [3.63, 3.8) is 0 Å². The normalized spacial score (nSPS) is 10.4. The van der Waals surface area contributed by atoms with Crippen LogP contribution in [0.4, 0.5) is 0 Å². The number of halogens is 1. The van der Waals surface area contributed by atoms with E-state index in [9.17, 15) is 4.79 Å². The van der Waals surface area contributed by atoms with E-state index in [0.29, 0.717) is 21.7 Å². The minimum Gasteiger partial charge on any atom is -0.495 e. The number of aromatic amines is 1. The molecule has 0 bridgehead atoms. The van der Waals surface area contributed by atoms with E-state index in [0.717, 1.165) is 0 Å². The van der Waals surface area contributed by atoms with E-state index < -0.39 is 0 Å². The van der Waals surface area contributed by atoms with Crippen LogP contribution in [0.1, 0.15) is 0 Å². The minimum atomic E-state index is -0.0525. The number of methoxy groups -OCH3 is 1. The minimum absolute atomic E-state index is 0.0525. The number of ether oxygens (including phenoxy) is 1. The van der Waals surface area contributed by atoms with Crippen LogP contribution in [0.15, 0.2) is 29.2 Å². The molecule has 3 nitrogen and oxygen atoms in total. The second-order valence-corrected chi connectivity index (χ2v) is 3.22. The summed E-state index contributed by atoms with van der Waals surface area (Å²) in [6, 6.07) is 4.84. The van der Waals surface area contributed by atoms with E-state index in [2.05, 4.69) is 4.98 Å². The molecule has 0 aliphatic rings. The van der Waals surface area contributed by atoms with Crippen LogP contribution in [0.3, 0.4) is 0 Å². The van der Waals surface area contributed by atoms with Crippen LogP contribution in [-0.4, -0.2) is 12.1 Å². The summed E-state index contributed by atoms with van der Waals surface area (Å²) in [5.41, 5.74) is 0.557. The Balaban J connectivity index is 2.91. The van der Waals surface area contributed by atoms with E-state index >= 15 is 0 Å². The van der Waals surface area contributed by atoms with Crippen molar-refractivity contribution in [1.29, 1.82) is 0 Å². The summed E-state index contributed by atoms with van der Waals surface area (Å²) in [5, 5.41) is 1.00. The van der Waals surface area contributed by atoms with Crippen LogP contribution in [0, 0.1) is 0 Å². The third kappa shape index (κ3) is 1.26. The fourth-order valence-corrected chi connectivity index (χ4v) is 1.65. The third-order valence-corrected chi connectivity index (χ3v) is 2.43. The van der Waals surface area contributed by atoms with Crippen molar-refractivity contribution < 1.29 is 4.74 Å². The van der Waals surface area contributed by atoms with Gasteiger partial charge in [0.05, 0.1) is 12.6 Å². The van der Waals surface area contributed by atoms with Gasteiger partial charge in [0.15, 0.2) is 5.43 Å². The lowest BCUT2D eigenvalue weighted by Crippen LogP contribution is -2.00. The maximum atomic E-state index is 11.4. The first-order chi connectivity index (χ1) is 6.74. The fourth-order valence-electron chi connectivity index (χ4n) is 1.35. The molecule has 0 fully saturated rings. The van der Waals surface area contributed by atoms with E-state index in [1.54, 1.807) is 18.3 Å². The molecule has 72 valence electrons. The Kier molecular flexibility index (Phi) is 2.17. The molecule has 0 atom stereocenters. The van der Waals surface area contributed by atoms with E-state index in [4.69, 9.17) is 16.3 Å². The summed E-state index contributed by atoms with van der Waals surface area (Å²) in [5.74, 6) is 0.556. The molecule has 0 aliphatic carbocycles. The number of fused-ring (bicyclic) bond motifs is 1. The Morgan fingerprint density at radius 3 is 2.86 bits per heavy atom. The van der Waals surface area contributed by atoms with Crippen LogP contribution in [0.25, 0.3) is 10.9 Å². The van der Waals surface area contributed by atoms with Gasteiger partial charge >= 0.3 is 0 Å². The van der Waals surface area contributed by atoms with Crippen LogP contribution < -0.4 is 10.2 Å². The highest BCUT2D eigenvalue weighted by Crippen LogP contribution is 2.29. The Hall–Kier alpha value is -1.48. The average molecular weight is 210 g/mol. The van der Waals surface area contributed by atoms with E-state index in [1.807, 2.05) is 0 Å². The summed E-state index contributed by atoms with van der Waals surface area (Å²) < 4.78 is 5.04. The molecule has 0 unspecified atom stereocenters. The molecule has 0 aliphatic heterocycles. The van der Waals surface area contributed by atoms with Gasteiger partial charge in [0.2, 0.25) is 0 Å². The Bertz CT molecular complexity index is 533. The van der Waals surface area contributed by atoms with Crippen LogP contribution in [0.2, 0.25) is 5.02 Å². The average Bonchev–Trinajstić information content (AvgIpc) is 2.20. The first-order valence-corrected chi connectivity index (χ1v) is 4.45. The number of pyridine rings is 1. The van der Waals surface area contributed by atoms with E-state index in [-0.39, 0.29) is 5.43 Å². The van der Waals surface area contributed by atoms with Crippen molar-refractivity contribution in [2.75, 3.05) is 7.11 Å². The van der Waals surface area contributed by atoms with Crippen molar-refractivity contribution in [2.24, 2.45) is 0 Å². The Morgan fingerprint density at radius 1 is 1.36 bits per heavy atom. The summed E-state index contributed by atoms with van der Waals surface area (Å²) in [6.07, 6.45) is 1.57. The lowest BCUT2D eigenvalue weighted by Gasteiger charge is -2.05. The summed E-state index contributed by atoms with van der Waals surface area (Å²) in [4.78, 5) is 14.3. The quantitative estimate of drug-likeness (QED) is 0.782. The molecule has 0 saturated carbocycles. The number of benzene rings is 1. The zero-order valence-corrected chi connectivity index (χ0v) is 8.26. The summed E-state index contributed by atoms with van der Waals surface area (Å²) >= 11 is 6.02. The van der Waals surface area contributed by atoms with Gasteiger partial charge in [0, 0.05) is 17.6 Å². The van der Waals surface area contributed by atoms with Crippen molar-refractivity contribution in [2.45, 2.75) is 0 Å². The molecule has 0 spiro atoms. The third-order valence-electron chi connectivity index (χ3n) is 2.05. The van der Waals surface area contributed by atoms with Crippen molar-refractivity contribution in [3.05, 3.63) is 39.6 Å². The van der Waals surface area contributed by atoms with Gasteiger partial charge in [-0.1, -0.05) is 11.6 Å². The molecular formula is C10H8ClNO2. The van der Waals surface area contributed by atoms with Gasteiger partial charge in [-0.3, -0.25) is 4.79 Å². The highest BCUT2D eigenvalue weighted by Gasteiger charge is 2.07. The zero-order chi connectivity index (χ0) is 10.1. The van der Waals surface area contributed by atoms with Crippen LogP contribution in [-0.2, 0) is 0 Å². The van der Waals surface area contributed by atoms with Crippen molar-refractivity contribution in [3.8, 4) is 5.75 Å². The topological polar surface area (TPSA) is 42.1 Å². The molecule has 1 aromatic heterocycles. The lowest BCUT2D eigenvalue weighted by atomic mass is 10.2. The number of hydrogen-bond acceptors (Lipinski definition) is 2. The first-order valence-electron chi connectivity index (χ1n) is 4.08. The Labute approximate surface area is 85.3 Å². The van der Waals surface area contributed by atoms with Gasteiger partial charge in [-0.25, -0.2) is 0 Å². The van der Waals surface area contributed by atoms with Gasteiger partial charge in [-0.15, -0.1) is 0 Å². The number of rotatable bonds is 1. The standard InChI is InChI=1S/C10H8ClNO2/c1-14-8-3-2-6-7(13)4-5-12-10(6)9(8)11/h2-5H,1H3,(H,12,13). The largest absolute Gasteiger partial charge is 0.495 e. The molecule has 4 heteroatoms. The number of H-pyrrole nitrogens is 1. The number of nitrogens with one attached hydrogen (secondary N) is 1. The van der Waals surface area contributed by atoms with Crippen LogP contribution in [0.5, 0.6) is 5.75 Å². The van der Waals surface area contributed by atoms with Crippen molar-refractivity contribution in [1.82, 2.24) is 4.98 Å². The second kappa shape index (κ2) is 3.35. The molecule has 0 amide bonds. The van der Waals surface area contributed by atoms with Gasteiger partial charge in [0.25, 0.3) is 0 Å². The zero-order valence-electron chi connectivity index (χ0n) is 7.50. The molecular weight excluding hydrogens is 202 g/mol. The van der Waals surface area contributed by atoms with E-state index in [1.165, 1.54) is 13.2 Å². The number of aromatic nitrogens is 1. The maximum absolute atomic E-state index is 11.4. The Morgan fingerprint density at radius 2 is 2.14 bits per heavy atom. The molecule has 1 N–H and O–H groups in total. The van der Waals surface area contributed by atoms with Crippen molar-refractivity contribution >= 4 is 22.5 Å². The molecule has 2 aromatic rings. The monoisotopic (exact) mass is 209 g/mol. The molecule has 0 radical (unpaired) electrons. The van der Waals surface area contributed by atoms with Crippen LogP contribution >= 0.6 is 11.6 Å². The van der Waals surface area contributed by atoms with Gasteiger partial charge in [-0.05, 0) is 12.1 Å². The molecule has 1 aromatic carbocycles. The highest BCUT2D eigenvalue weighted by atomic mass is 35.5. The molecule has 1 heterocycles. The SMILES string of the molecule is COc1ccc2c(=O)cc[nH]c2c1Cl. The highest BCUT2D eigenvalue weighted by molar-refractivity contribution is 6.36. The second-order valence-electron chi connectivity index (χ2n) is 2.85. The first kappa shape index (κ1) is 9.09. The molecule has 14 heavy (non-hydrogen) atoms. The molecule has 2 rings (SSSR count). The maximum Gasteiger partial charge on any atom is 0.189 e. The van der Waals surface area contributed by atoms with Gasteiger partial charge < -0.3 is 9.72 Å². The smallest absolute Gasteiger partial charge is 0.189 e. The van der Waals surface area contributed by atoms with Gasteiger partial charge in [-0.2, -0.15) is 0 Å². The lowest BCUT2D eigenvalue weighted by molar-refractivity contribution is 0.415. The summed E-state index contributed by atoms with van der Waals surface area (Å²) in [6.45, 7) is 0. The fraction of sp³-hybridized carbons (Fsp3) is 0.100. The predicted octanol–water partition coefficient (Wildman–Crippen LogP) is 2.19. The summed E-state index contributed by atoms with van der Waals surface area (Å²) in [7, 11) is 1.54. The van der Waals surface area contributed by atoms with Gasteiger partial charge in [0.1, 0.15) is 10.8 Å². The molecule has 0 saturated heterocycles. The predicted molar refractivity (Wildman–Crippen MR) is 56.1 cm³/mol.